The first-order valence-corrected chi connectivity index (χ1v) is 10.0. The van der Waals surface area contributed by atoms with Crippen LogP contribution in [0.5, 0.6) is 0 Å². The number of hydrogen-bond acceptors (Lipinski definition) is 5. The molecule has 0 fully saturated rings. The van der Waals surface area contributed by atoms with Crippen LogP contribution in [0.2, 0.25) is 0 Å². The van der Waals surface area contributed by atoms with Crippen LogP contribution in [-0.2, 0) is 0 Å². The molecule has 1 N–H and O–H groups in total. The minimum atomic E-state index is -0.0308. The normalized spacial score (nSPS) is 12.3. The Balaban J connectivity index is 1.91. The number of benzene rings is 2. The summed E-state index contributed by atoms with van der Waals surface area (Å²) in [6, 6.07) is 15.8. The van der Waals surface area contributed by atoms with E-state index in [0.717, 1.165) is 27.4 Å². The number of fused-ring (bicyclic) bond motifs is 1. The summed E-state index contributed by atoms with van der Waals surface area (Å²) in [7, 11) is 0. The Morgan fingerprint density at radius 1 is 1.07 bits per heavy atom. The van der Waals surface area contributed by atoms with Crippen molar-refractivity contribution in [3.05, 3.63) is 81.1 Å². The highest BCUT2D eigenvalue weighted by molar-refractivity contribution is 7.10. The molecule has 28 heavy (non-hydrogen) atoms. The van der Waals surface area contributed by atoms with Crippen molar-refractivity contribution in [1.29, 1.82) is 0 Å². The van der Waals surface area contributed by atoms with Crippen LogP contribution < -0.4 is 10.7 Å². The number of hydrogen-bond donors (Lipinski definition) is 1. The summed E-state index contributed by atoms with van der Waals surface area (Å²) in [4.78, 5) is 13.1. The third kappa shape index (κ3) is 3.34. The van der Waals surface area contributed by atoms with E-state index < -0.39 is 0 Å². The Morgan fingerprint density at radius 2 is 1.82 bits per heavy atom. The highest BCUT2D eigenvalue weighted by atomic mass is 32.1. The van der Waals surface area contributed by atoms with Crippen molar-refractivity contribution in [2.45, 2.75) is 33.7 Å². The Labute approximate surface area is 168 Å². The summed E-state index contributed by atoms with van der Waals surface area (Å²) in [5.41, 5.74) is 5.19. The molecule has 4 rings (SSSR count). The smallest absolute Gasteiger partial charge is 0.196 e. The second kappa shape index (κ2) is 7.24. The minimum absolute atomic E-state index is 0.0193. The molecule has 1 atom stereocenters. The standard InChI is InChI=1S/C23H22N2O2S/c1-13-10-18(16(4)24-20-12-14(2)25-28-20)23-19(11-13)21(26)15(3)22(27-23)17-8-6-5-7-9-17/h5-12,16,24H,1-4H3. The molecule has 0 aliphatic carbocycles. The summed E-state index contributed by atoms with van der Waals surface area (Å²) in [6.07, 6.45) is 0. The van der Waals surface area contributed by atoms with Gasteiger partial charge in [-0.1, -0.05) is 36.4 Å². The van der Waals surface area contributed by atoms with Crippen LogP contribution in [0.25, 0.3) is 22.3 Å². The quantitative estimate of drug-likeness (QED) is 0.463. The first kappa shape index (κ1) is 18.4. The molecule has 2 aromatic heterocycles. The van der Waals surface area contributed by atoms with Gasteiger partial charge in [0.2, 0.25) is 0 Å². The molecule has 142 valence electrons. The Morgan fingerprint density at radius 3 is 2.50 bits per heavy atom. The predicted molar refractivity (Wildman–Crippen MR) is 116 cm³/mol. The molecule has 4 nitrogen and oxygen atoms in total. The van der Waals surface area contributed by atoms with Crippen LogP contribution in [0.15, 0.2) is 57.7 Å². The SMILES string of the molecule is Cc1cc(C(C)Nc2cc(C)ns2)c2oc(-c3ccccc3)c(C)c(=O)c2c1. The minimum Gasteiger partial charge on any atom is -0.455 e. The topological polar surface area (TPSA) is 55.1 Å². The van der Waals surface area contributed by atoms with E-state index in [1.807, 2.05) is 63.2 Å². The maximum Gasteiger partial charge on any atom is 0.196 e. The van der Waals surface area contributed by atoms with E-state index in [9.17, 15) is 4.79 Å². The van der Waals surface area contributed by atoms with E-state index in [-0.39, 0.29) is 11.5 Å². The zero-order valence-electron chi connectivity index (χ0n) is 16.4. The van der Waals surface area contributed by atoms with Gasteiger partial charge in [0, 0.05) is 16.7 Å². The van der Waals surface area contributed by atoms with E-state index in [2.05, 4.69) is 22.7 Å². The van der Waals surface area contributed by atoms with Crippen molar-refractivity contribution in [2.24, 2.45) is 0 Å². The molecule has 2 heterocycles. The Hall–Kier alpha value is -2.92. The molecule has 0 saturated carbocycles. The molecule has 0 amide bonds. The van der Waals surface area contributed by atoms with Crippen LogP contribution >= 0.6 is 11.5 Å². The van der Waals surface area contributed by atoms with Gasteiger partial charge < -0.3 is 9.73 Å². The molecule has 5 heteroatoms. The summed E-state index contributed by atoms with van der Waals surface area (Å²) in [5, 5.41) is 5.11. The fourth-order valence-corrected chi connectivity index (χ4v) is 4.22. The van der Waals surface area contributed by atoms with E-state index in [4.69, 9.17) is 4.42 Å². The molecular formula is C23H22N2O2S. The molecule has 0 radical (unpaired) electrons. The number of nitrogens with one attached hydrogen (secondary N) is 1. The Kier molecular flexibility index (Phi) is 4.77. The Bertz CT molecular complexity index is 1210. The molecule has 1 unspecified atom stereocenters. The molecule has 4 aromatic rings. The van der Waals surface area contributed by atoms with Gasteiger partial charge in [-0.05, 0) is 56.9 Å². The van der Waals surface area contributed by atoms with E-state index in [1.165, 1.54) is 11.5 Å². The number of rotatable bonds is 4. The highest BCUT2D eigenvalue weighted by Gasteiger charge is 2.19. The van der Waals surface area contributed by atoms with Gasteiger partial charge in [0.1, 0.15) is 16.3 Å². The maximum atomic E-state index is 13.1. The zero-order valence-corrected chi connectivity index (χ0v) is 17.2. The average Bonchev–Trinajstić information content (AvgIpc) is 3.09. The number of aryl methyl sites for hydroxylation is 2. The second-order valence-electron chi connectivity index (χ2n) is 7.18. The van der Waals surface area contributed by atoms with Crippen molar-refractivity contribution in [3.8, 4) is 11.3 Å². The first-order valence-electron chi connectivity index (χ1n) is 9.27. The van der Waals surface area contributed by atoms with Gasteiger partial charge in [-0.2, -0.15) is 4.37 Å². The molecule has 2 aromatic carbocycles. The summed E-state index contributed by atoms with van der Waals surface area (Å²) >= 11 is 1.43. The molecular weight excluding hydrogens is 368 g/mol. The largest absolute Gasteiger partial charge is 0.455 e. The monoisotopic (exact) mass is 390 g/mol. The van der Waals surface area contributed by atoms with Crippen molar-refractivity contribution < 1.29 is 4.42 Å². The lowest BCUT2D eigenvalue weighted by Crippen LogP contribution is -2.12. The number of anilines is 1. The summed E-state index contributed by atoms with van der Waals surface area (Å²) in [5.74, 6) is 0.629. The van der Waals surface area contributed by atoms with Gasteiger partial charge in [-0.3, -0.25) is 4.79 Å². The van der Waals surface area contributed by atoms with Crippen molar-refractivity contribution in [2.75, 3.05) is 5.32 Å². The van der Waals surface area contributed by atoms with Crippen molar-refractivity contribution in [3.63, 3.8) is 0 Å². The summed E-state index contributed by atoms with van der Waals surface area (Å²) < 4.78 is 10.7. The van der Waals surface area contributed by atoms with Crippen LogP contribution in [-0.4, -0.2) is 4.37 Å². The molecule has 0 aliphatic rings. The zero-order chi connectivity index (χ0) is 19.8. The second-order valence-corrected chi connectivity index (χ2v) is 7.99. The molecule has 0 spiro atoms. The lowest BCUT2D eigenvalue weighted by atomic mass is 9.99. The van der Waals surface area contributed by atoms with Crippen molar-refractivity contribution in [1.82, 2.24) is 4.37 Å². The van der Waals surface area contributed by atoms with E-state index in [1.54, 1.807) is 0 Å². The third-order valence-electron chi connectivity index (χ3n) is 4.88. The van der Waals surface area contributed by atoms with Crippen LogP contribution in [0.4, 0.5) is 5.00 Å². The van der Waals surface area contributed by atoms with Gasteiger partial charge in [0.25, 0.3) is 0 Å². The molecule has 0 saturated heterocycles. The van der Waals surface area contributed by atoms with Gasteiger partial charge in [-0.25, -0.2) is 0 Å². The average molecular weight is 391 g/mol. The van der Waals surface area contributed by atoms with Gasteiger partial charge in [-0.15, -0.1) is 0 Å². The van der Waals surface area contributed by atoms with Crippen molar-refractivity contribution >= 4 is 27.5 Å². The number of nitrogens with zero attached hydrogens (tertiary/aromatic N) is 1. The van der Waals surface area contributed by atoms with Crippen LogP contribution in [0.1, 0.15) is 35.3 Å². The predicted octanol–water partition coefficient (Wildman–Crippen LogP) is 6.01. The van der Waals surface area contributed by atoms with Gasteiger partial charge in [0.05, 0.1) is 17.1 Å². The van der Waals surface area contributed by atoms with Gasteiger partial charge >= 0.3 is 0 Å². The van der Waals surface area contributed by atoms with E-state index >= 15 is 0 Å². The lowest BCUT2D eigenvalue weighted by molar-refractivity contribution is 0.605. The van der Waals surface area contributed by atoms with E-state index in [0.29, 0.717) is 22.3 Å². The third-order valence-corrected chi connectivity index (χ3v) is 5.69. The fraction of sp³-hybridized carbons (Fsp3) is 0.217. The first-order chi connectivity index (χ1) is 13.4. The van der Waals surface area contributed by atoms with Crippen LogP contribution in [0, 0.1) is 20.8 Å². The summed E-state index contributed by atoms with van der Waals surface area (Å²) in [6.45, 7) is 7.89. The fourth-order valence-electron chi connectivity index (χ4n) is 3.48. The highest BCUT2D eigenvalue weighted by Crippen LogP contribution is 2.32. The molecule has 0 bridgehead atoms. The van der Waals surface area contributed by atoms with Crippen LogP contribution in [0.3, 0.4) is 0 Å². The van der Waals surface area contributed by atoms with Gasteiger partial charge in [0.15, 0.2) is 5.43 Å². The maximum absolute atomic E-state index is 13.1. The lowest BCUT2D eigenvalue weighted by Gasteiger charge is -2.17. The number of aromatic nitrogens is 1. The molecule has 0 aliphatic heterocycles.